The van der Waals surface area contributed by atoms with E-state index in [1.165, 1.54) is 18.4 Å². The lowest BCUT2D eigenvalue weighted by atomic mass is 10.1. The van der Waals surface area contributed by atoms with Gasteiger partial charge in [0.2, 0.25) is 0 Å². The summed E-state index contributed by atoms with van der Waals surface area (Å²) in [4.78, 5) is 0. The summed E-state index contributed by atoms with van der Waals surface area (Å²) >= 11 is 0. The van der Waals surface area contributed by atoms with Crippen molar-refractivity contribution in [2.24, 2.45) is 5.92 Å². The molecule has 0 radical (unpaired) electrons. The van der Waals surface area contributed by atoms with E-state index in [-0.39, 0.29) is 0 Å². The van der Waals surface area contributed by atoms with E-state index in [1.54, 1.807) is 0 Å². The lowest BCUT2D eigenvalue weighted by Gasteiger charge is -2.14. The SMILES string of the molecule is C=CC(NCCC)C1CC1c1ccccc1. The molecule has 1 aliphatic carbocycles. The second-order valence-electron chi connectivity index (χ2n) is 4.63. The van der Waals surface area contributed by atoms with Crippen LogP contribution in [0.5, 0.6) is 0 Å². The van der Waals surface area contributed by atoms with E-state index in [1.807, 2.05) is 0 Å². The van der Waals surface area contributed by atoms with Gasteiger partial charge in [-0.3, -0.25) is 0 Å². The van der Waals surface area contributed by atoms with Crippen LogP contribution in [0.1, 0.15) is 31.2 Å². The maximum atomic E-state index is 3.94. The normalized spacial score (nSPS) is 25.1. The monoisotopic (exact) mass is 215 g/mol. The molecule has 0 aliphatic heterocycles. The molecule has 86 valence electrons. The topological polar surface area (TPSA) is 12.0 Å². The van der Waals surface area contributed by atoms with Gasteiger partial charge in [0.05, 0.1) is 0 Å². The van der Waals surface area contributed by atoms with Gasteiger partial charge in [-0.1, -0.05) is 43.3 Å². The Morgan fingerprint density at radius 1 is 1.44 bits per heavy atom. The molecule has 16 heavy (non-hydrogen) atoms. The third kappa shape index (κ3) is 2.53. The van der Waals surface area contributed by atoms with Crippen LogP contribution in [0.15, 0.2) is 43.0 Å². The molecule has 1 aromatic rings. The van der Waals surface area contributed by atoms with Crippen molar-refractivity contribution in [3.05, 3.63) is 48.6 Å². The molecule has 2 rings (SSSR count). The van der Waals surface area contributed by atoms with Gasteiger partial charge >= 0.3 is 0 Å². The summed E-state index contributed by atoms with van der Waals surface area (Å²) in [6.45, 7) is 7.24. The molecule has 0 amide bonds. The van der Waals surface area contributed by atoms with Crippen LogP contribution in [0, 0.1) is 5.92 Å². The first-order valence-electron chi connectivity index (χ1n) is 6.27. The van der Waals surface area contributed by atoms with E-state index in [2.05, 4.69) is 55.2 Å². The Hall–Kier alpha value is -1.08. The van der Waals surface area contributed by atoms with Crippen molar-refractivity contribution in [3.8, 4) is 0 Å². The van der Waals surface area contributed by atoms with Gasteiger partial charge in [0.25, 0.3) is 0 Å². The largest absolute Gasteiger partial charge is 0.310 e. The van der Waals surface area contributed by atoms with E-state index >= 15 is 0 Å². The average molecular weight is 215 g/mol. The number of nitrogens with one attached hydrogen (secondary N) is 1. The zero-order valence-electron chi connectivity index (χ0n) is 10.0. The van der Waals surface area contributed by atoms with Crippen molar-refractivity contribution in [2.45, 2.75) is 31.7 Å². The van der Waals surface area contributed by atoms with Gasteiger partial charge in [-0.25, -0.2) is 0 Å². The highest BCUT2D eigenvalue weighted by Crippen LogP contribution is 2.49. The van der Waals surface area contributed by atoms with Crippen LogP contribution in [-0.2, 0) is 0 Å². The Bertz CT molecular complexity index is 331. The first-order chi connectivity index (χ1) is 7.86. The van der Waals surface area contributed by atoms with Gasteiger partial charge in [-0.15, -0.1) is 6.58 Å². The second kappa shape index (κ2) is 5.31. The predicted octanol–water partition coefficient (Wildman–Crippen LogP) is 3.34. The molecule has 0 aromatic heterocycles. The summed E-state index contributed by atoms with van der Waals surface area (Å²) in [5.74, 6) is 1.50. The van der Waals surface area contributed by atoms with Crippen molar-refractivity contribution < 1.29 is 0 Å². The van der Waals surface area contributed by atoms with Crippen molar-refractivity contribution in [2.75, 3.05) is 6.54 Å². The van der Waals surface area contributed by atoms with Gasteiger partial charge in [0.15, 0.2) is 0 Å². The highest BCUT2D eigenvalue weighted by atomic mass is 14.9. The summed E-state index contributed by atoms with van der Waals surface area (Å²) in [6, 6.07) is 11.3. The molecule has 0 heterocycles. The van der Waals surface area contributed by atoms with E-state index in [4.69, 9.17) is 0 Å². The predicted molar refractivity (Wildman–Crippen MR) is 69.6 cm³/mol. The van der Waals surface area contributed by atoms with Crippen LogP contribution in [0.2, 0.25) is 0 Å². The molecular formula is C15H21N. The van der Waals surface area contributed by atoms with Crippen LogP contribution in [-0.4, -0.2) is 12.6 Å². The highest BCUT2D eigenvalue weighted by Gasteiger charge is 2.42. The average Bonchev–Trinajstić information content (AvgIpc) is 3.12. The van der Waals surface area contributed by atoms with Crippen LogP contribution in [0.3, 0.4) is 0 Å². The molecule has 1 fully saturated rings. The van der Waals surface area contributed by atoms with E-state index in [9.17, 15) is 0 Å². The minimum Gasteiger partial charge on any atom is -0.310 e. The molecule has 1 N–H and O–H groups in total. The minimum atomic E-state index is 0.491. The zero-order valence-corrected chi connectivity index (χ0v) is 10.0. The standard InChI is InChI=1S/C15H21N/c1-3-10-16-15(4-2)14-11-13(14)12-8-6-5-7-9-12/h4-9,13-16H,2-3,10-11H2,1H3. The van der Waals surface area contributed by atoms with E-state index < -0.39 is 0 Å². The molecule has 1 aliphatic rings. The summed E-state index contributed by atoms with van der Waals surface area (Å²) < 4.78 is 0. The summed E-state index contributed by atoms with van der Waals surface area (Å²) in [5.41, 5.74) is 1.48. The fourth-order valence-electron chi connectivity index (χ4n) is 2.42. The van der Waals surface area contributed by atoms with Crippen molar-refractivity contribution in [3.63, 3.8) is 0 Å². The van der Waals surface area contributed by atoms with Crippen molar-refractivity contribution in [1.82, 2.24) is 5.32 Å². The van der Waals surface area contributed by atoms with Gasteiger partial charge < -0.3 is 5.32 Å². The van der Waals surface area contributed by atoms with Crippen molar-refractivity contribution >= 4 is 0 Å². The molecule has 1 saturated carbocycles. The van der Waals surface area contributed by atoms with E-state index in [0.29, 0.717) is 6.04 Å². The minimum absolute atomic E-state index is 0.491. The van der Waals surface area contributed by atoms with Crippen LogP contribution in [0.4, 0.5) is 0 Å². The van der Waals surface area contributed by atoms with Gasteiger partial charge in [-0.05, 0) is 36.8 Å². The van der Waals surface area contributed by atoms with Crippen LogP contribution >= 0.6 is 0 Å². The Balaban J connectivity index is 1.92. The molecule has 1 aromatic carbocycles. The Labute approximate surface area is 98.6 Å². The number of hydrogen-bond acceptors (Lipinski definition) is 1. The Morgan fingerprint density at radius 3 is 2.81 bits per heavy atom. The molecule has 3 atom stereocenters. The quantitative estimate of drug-likeness (QED) is 0.718. The van der Waals surface area contributed by atoms with Gasteiger partial charge in [-0.2, -0.15) is 0 Å². The smallest absolute Gasteiger partial charge is 0.0281 e. The molecule has 0 spiro atoms. The maximum absolute atomic E-state index is 3.94. The lowest BCUT2D eigenvalue weighted by Crippen LogP contribution is -2.30. The second-order valence-corrected chi connectivity index (χ2v) is 4.63. The third-order valence-corrected chi connectivity index (χ3v) is 3.41. The van der Waals surface area contributed by atoms with Crippen molar-refractivity contribution in [1.29, 1.82) is 0 Å². The van der Waals surface area contributed by atoms with Gasteiger partial charge in [0.1, 0.15) is 0 Å². The highest BCUT2D eigenvalue weighted by molar-refractivity contribution is 5.27. The zero-order chi connectivity index (χ0) is 11.4. The maximum Gasteiger partial charge on any atom is 0.0281 e. The third-order valence-electron chi connectivity index (χ3n) is 3.41. The number of benzene rings is 1. The molecule has 3 unspecified atom stereocenters. The van der Waals surface area contributed by atoms with Gasteiger partial charge in [0, 0.05) is 6.04 Å². The Kier molecular flexibility index (Phi) is 3.79. The molecule has 0 saturated heterocycles. The Morgan fingerprint density at radius 2 is 2.19 bits per heavy atom. The van der Waals surface area contributed by atoms with E-state index in [0.717, 1.165) is 18.4 Å². The summed E-state index contributed by atoms with van der Waals surface area (Å²) in [7, 11) is 0. The number of rotatable bonds is 6. The lowest BCUT2D eigenvalue weighted by molar-refractivity contribution is 0.529. The molecule has 1 nitrogen and oxygen atoms in total. The fraction of sp³-hybridized carbons (Fsp3) is 0.467. The van der Waals surface area contributed by atoms with Crippen LogP contribution < -0.4 is 5.32 Å². The first kappa shape index (κ1) is 11.4. The fourth-order valence-corrected chi connectivity index (χ4v) is 2.42. The van der Waals surface area contributed by atoms with Crippen LogP contribution in [0.25, 0.3) is 0 Å². The number of hydrogen-bond donors (Lipinski definition) is 1. The molecule has 0 bridgehead atoms. The molecular weight excluding hydrogens is 194 g/mol. The summed E-state index contributed by atoms with van der Waals surface area (Å²) in [5, 5.41) is 3.56. The molecule has 1 heteroatoms. The summed E-state index contributed by atoms with van der Waals surface area (Å²) in [6.07, 6.45) is 4.56. The first-order valence-corrected chi connectivity index (χ1v) is 6.27.